The molecule has 6 nitrogen and oxygen atoms in total. The Hall–Kier alpha value is -3.15. The van der Waals surface area contributed by atoms with Crippen molar-refractivity contribution in [3.8, 4) is 0 Å². The number of esters is 3. The normalized spacial score (nSPS) is 12.7. The van der Waals surface area contributed by atoms with Gasteiger partial charge in [-0.1, -0.05) is 203 Å². The molecular formula is C54H92O6. The van der Waals surface area contributed by atoms with E-state index in [0.717, 1.165) is 89.9 Å². The number of rotatable bonds is 44. The van der Waals surface area contributed by atoms with Crippen molar-refractivity contribution in [1.29, 1.82) is 0 Å². The Labute approximate surface area is 370 Å². The molecule has 0 aliphatic heterocycles. The summed E-state index contributed by atoms with van der Waals surface area (Å²) in [6.07, 6.45) is 60.3. The van der Waals surface area contributed by atoms with E-state index in [2.05, 4.69) is 93.7 Å². The minimum absolute atomic E-state index is 0.0952. The van der Waals surface area contributed by atoms with Gasteiger partial charge in [-0.2, -0.15) is 0 Å². The standard InChI is InChI=1S/C54H92O6/c1-4-7-10-13-16-19-22-24-26-27-29-30-32-35-38-41-44-47-53(56)59-50-51(49-58-52(55)46-43-40-37-34-21-18-15-12-9-6-3)60-54(57)48-45-42-39-36-33-31-28-25-23-20-17-14-11-8-5-2/h7,10,16,19,24-26,28-30,35,38,51H,4-6,8-9,11-15,17-18,20-23,27,31-34,36-37,39-50H2,1-3H3/b10-7-,19-16-,26-24-,28-25-,30-29-,38-35-/t51-/m1/s1. The molecule has 0 aromatic carbocycles. The van der Waals surface area contributed by atoms with E-state index >= 15 is 0 Å². The Morgan fingerprint density at radius 3 is 1.10 bits per heavy atom. The van der Waals surface area contributed by atoms with Gasteiger partial charge in [-0.15, -0.1) is 0 Å². The molecule has 0 spiro atoms. The molecule has 0 radical (unpaired) electrons. The van der Waals surface area contributed by atoms with Crippen molar-refractivity contribution in [3.63, 3.8) is 0 Å². The molecule has 1 atom stereocenters. The molecule has 0 amide bonds. The van der Waals surface area contributed by atoms with Crippen LogP contribution in [0.15, 0.2) is 72.9 Å². The molecule has 344 valence electrons. The molecule has 0 rings (SSSR count). The van der Waals surface area contributed by atoms with Crippen LogP contribution in [-0.4, -0.2) is 37.2 Å². The number of allylic oxidation sites excluding steroid dienone is 12. The Morgan fingerprint density at radius 2 is 0.667 bits per heavy atom. The number of carbonyl (C=O) groups is 3. The summed E-state index contributed by atoms with van der Waals surface area (Å²) < 4.78 is 16.7. The maximum absolute atomic E-state index is 12.8. The van der Waals surface area contributed by atoms with Crippen LogP contribution in [0.3, 0.4) is 0 Å². The minimum Gasteiger partial charge on any atom is -0.462 e. The first-order valence-electron chi connectivity index (χ1n) is 24.9. The van der Waals surface area contributed by atoms with Crippen molar-refractivity contribution < 1.29 is 28.6 Å². The summed E-state index contributed by atoms with van der Waals surface area (Å²) in [7, 11) is 0. The molecule has 0 bridgehead atoms. The van der Waals surface area contributed by atoms with E-state index in [9.17, 15) is 14.4 Å². The van der Waals surface area contributed by atoms with Crippen LogP contribution < -0.4 is 0 Å². The lowest BCUT2D eigenvalue weighted by Crippen LogP contribution is -2.30. The van der Waals surface area contributed by atoms with Gasteiger partial charge in [0.25, 0.3) is 0 Å². The highest BCUT2D eigenvalue weighted by molar-refractivity contribution is 5.71. The molecule has 0 N–H and O–H groups in total. The number of unbranched alkanes of at least 4 members (excludes halogenated alkanes) is 21. The minimum atomic E-state index is -0.799. The summed E-state index contributed by atoms with van der Waals surface area (Å²) in [6, 6.07) is 0. The molecular weight excluding hydrogens is 745 g/mol. The van der Waals surface area contributed by atoms with E-state index in [4.69, 9.17) is 14.2 Å². The van der Waals surface area contributed by atoms with E-state index in [-0.39, 0.29) is 37.5 Å². The van der Waals surface area contributed by atoms with Crippen molar-refractivity contribution in [2.24, 2.45) is 0 Å². The summed E-state index contributed by atoms with van der Waals surface area (Å²) in [6.45, 7) is 6.44. The second-order valence-electron chi connectivity index (χ2n) is 16.3. The summed E-state index contributed by atoms with van der Waals surface area (Å²) in [5, 5.41) is 0. The van der Waals surface area contributed by atoms with Crippen LogP contribution in [-0.2, 0) is 28.6 Å². The molecule has 0 aromatic heterocycles. The van der Waals surface area contributed by atoms with Crippen molar-refractivity contribution >= 4 is 17.9 Å². The van der Waals surface area contributed by atoms with E-state index < -0.39 is 6.10 Å². The largest absolute Gasteiger partial charge is 0.462 e. The zero-order chi connectivity index (χ0) is 43.7. The second-order valence-corrected chi connectivity index (χ2v) is 16.3. The van der Waals surface area contributed by atoms with Crippen molar-refractivity contribution in [2.75, 3.05) is 13.2 Å². The molecule has 0 fully saturated rings. The fraction of sp³-hybridized carbons (Fsp3) is 0.722. The fourth-order valence-electron chi connectivity index (χ4n) is 6.71. The maximum Gasteiger partial charge on any atom is 0.306 e. The lowest BCUT2D eigenvalue weighted by atomic mass is 10.1. The molecule has 0 saturated carbocycles. The predicted molar refractivity (Wildman–Crippen MR) is 256 cm³/mol. The third-order valence-electron chi connectivity index (χ3n) is 10.4. The van der Waals surface area contributed by atoms with Crippen LogP contribution in [0.4, 0.5) is 0 Å². The van der Waals surface area contributed by atoms with Gasteiger partial charge >= 0.3 is 17.9 Å². The molecule has 0 aliphatic rings. The fourth-order valence-corrected chi connectivity index (χ4v) is 6.71. The van der Waals surface area contributed by atoms with Gasteiger partial charge in [0.1, 0.15) is 13.2 Å². The van der Waals surface area contributed by atoms with Gasteiger partial charge in [-0.3, -0.25) is 14.4 Å². The number of carbonyl (C=O) groups excluding carboxylic acids is 3. The molecule has 0 aliphatic carbocycles. The average molecular weight is 837 g/mol. The van der Waals surface area contributed by atoms with E-state index in [1.165, 1.54) is 96.3 Å². The zero-order valence-electron chi connectivity index (χ0n) is 39.2. The third kappa shape index (κ3) is 45.9. The average Bonchev–Trinajstić information content (AvgIpc) is 3.24. The number of hydrogen-bond acceptors (Lipinski definition) is 6. The van der Waals surface area contributed by atoms with Gasteiger partial charge in [-0.05, 0) is 83.5 Å². The first-order chi connectivity index (χ1) is 29.5. The zero-order valence-corrected chi connectivity index (χ0v) is 39.2. The predicted octanol–water partition coefficient (Wildman–Crippen LogP) is 16.3. The Balaban J connectivity index is 4.46. The quantitative estimate of drug-likeness (QED) is 0.0263. The van der Waals surface area contributed by atoms with Crippen LogP contribution >= 0.6 is 0 Å². The summed E-state index contributed by atoms with van der Waals surface area (Å²) in [5.74, 6) is -0.966. The third-order valence-corrected chi connectivity index (χ3v) is 10.4. The summed E-state index contributed by atoms with van der Waals surface area (Å²) in [4.78, 5) is 37.8. The first-order valence-corrected chi connectivity index (χ1v) is 24.9. The Morgan fingerprint density at radius 1 is 0.350 bits per heavy atom. The monoisotopic (exact) mass is 837 g/mol. The van der Waals surface area contributed by atoms with E-state index in [1.807, 2.05) is 0 Å². The SMILES string of the molecule is CC/C=C\C/C=C\C/C=C\C/C=C\C/C=C\CCCC(=O)OC[C@@H](COC(=O)CCCCCCCCCCCC)OC(=O)CCCCCCC/C=C\CCCCCCCC. The summed E-state index contributed by atoms with van der Waals surface area (Å²) >= 11 is 0. The van der Waals surface area contributed by atoms with Crippen LogP contribution in [0, 0.1) is 0 Å². The van der Waals surface area contributed by atoms with Crippen molar-refractivity contribution in [3.05, 3.63) is 72.9 Å². The van der Waals surface area contributed by atoms with Gasteiger partial charge in [0.2, 0.25) is 0 Å². The van der Waals surface area contributed by atoms with Crippen molar-refractivity contribution in [1.82, 2.24) is 0 Å². The summed E-state index contributed by atoms with van der Waals surface area (Å²) in [5.41, 5.74) is 0. The smallest absolute Gasteiger partial charge is 0.306 e. The maximum atomic E-state index is 12.8. The Kier molecular flexibility index (Phi) is 46.0. The van der Waals surface area contributed by atoms with E-state index in [1.54, 1.807) is 0 Å². The molecule has 60 heavy (non-hydrogen) atoms. The highest BCUT2D eigenvalue weighted by Gasteiger charge is 2.19. The lowest BCUT2D eigenvalue weighted by Gasteiger charge is -2.18. The van der Waals surface area contributed by atoms with Gasteiger partial charge in [0, 0.05) is 19.3 Å². The highest BCUT2D eigenvalue weighted by atomic mass is 16.6. The van der Waals surface area contributed by atoms with Gasteiger partial charge in [-0.25, -0.2) is 0 Å². The molecule has 0 saturated heterocycles. The van der Waals surface area contributed by atoms with Crippen LogP contribution in [0.25, 0.3) is 0 Å². The highest BCUT2D eigenvalue weighted by Crippen LogP contribution is 2.14. The Bertz CT molecular complexity index is 1140. The molecule has 0 aromatic rings. The number of ether oxygens (including phenoxy) is 3. The van der Waals surface area contributed by atoms with Crippen LogP contribution in [0.1, 0.15) is 233 Å². The van der Waals surface area contributed by atoms with Crippen molar-refractivity contribution in [2.45, 2.75) is 239 Å². The second kappa shape index (κ2) is 48.5. The topological polar surface area (TPSA) is 78.9 Å². The van der Waals surface area contributed by atoms with Gasteiger partial charge < -0.3 is 14.2 Å². The molecule has 6 heteroatoms. The van der Waals surface area contributed by atoms with Gasteiger partial charge in [0.15, 0.2) is 6.10 Å². The lowest BCUT2D eigenvalue weighted by molar-refractivity contribution is -0.167. The van der Waals surface area contributed by atoms with Crippen LogP contribution in [0.2, 0.25) is 0 Å². The van der Waals surface area contributed by atoms with Gasteiger partial charge in [0.05, 0.1) is 0 Å². The molecule has 0 heterocycles. The number of hydrogen-bond donors (Lipinski definition) is 0. The first kappa shape index (κ1) is 56.9. The molecule has 0 unspecified atom stereocenters. The van der Waals surface area contributed by atoms with E-state index in [0.29, 0.717) is 19.3 Å². The van der Waals surface area contributed by atoms with Crippen LogP contribution in [0.5, 0.6) is 0 Å².